The van der Waals surface area contributed by atoms with E-state index in [9.17, 15) is 25.8 Å². The summed E-state index contributed by atoms with van der Waals surface area (Å²) in [6.45, 7) is 0. The van der Waals surface area contributed by atoms with Gasteiger partial charge in [-0.3, -0.25) is 13.7 Å². The molecule has 0 aliphatic rings. The van der Waals surface area contributed by atoms with Crippen molar-refractivity contribution in [1.29, 1.82) is 0 Å². The third kappa shape index (κ3) is 4.31. The molecule has 0 atom stereocenters. The average molecular weight is 350 g/mol. The van der Waals surface area contributed by atoms with Crippen molar-refractivity contribution in [3.8, 4) is 0 Å². The molecule has 114 valence electrons. The molecule has 0 radical (unpaired) electrons. The van der Waals surface area contributed by atoms with Crippen molar-refractivity contribution in [3.05, 3.63) is 23.5 Å². The summed E-state index contributed by atoms with van der Waals surface area (Å²) in [4.78, 5) is 14.8. The van der Waals surface area contributed by atoms with E-state index in [0.29, 0.717) is 6.07 Å². The maximum atomic E-state index is 13.7. The molecule has 0 heterocycles. The molecular formula is C7H8FO9PS2. The van der Waals surface area contributed by atoms with Crippen LogP contribution < -0.4 is 0 Å². The minimum atomic E-state index is -5.20. The molecule has 20 heavy (non-hydrogen) atoms. The van der Waals surface area contributed by atoms with Gasteiger partial charge in [-0.25, -0.2) is 4.39 Å². The summed E-state index contributed by atoms with van der Waals surface area (Å²) in [5.74, 6) is -1.72. The van der Waals surface area contributed by atoms with Gasteiger partial charge in [-0.2, -0.15) is 16.8 Å². The van der Waals surface area contributed by atoms with Crippen LogP contribution in [-0.4, -0.2) is 35.7 Å². The molecule has 0 amide bonds. The lowest BCUT2D eigenvalue weighted by Gasteiger charge is -2.10. The number of hydrogen-bond acceptors (Lipinski definition) is 5. The molecule has 13 heteroatoms. The van der Waals surface area contributed by atoms with Gasteiger partial charge in [0.15, 0.2) is 0 Å². The maximum absolute atomic E-state index is 13.7. The van der Waals surface area contributed by atoms with E-state index in [0.717, 1.165) is 0 Å². The van der Waals surface area contributed by atoms with Crippen molar-refractivity contribution in [3.63, 3.8) is 0 Å². The summed E-state index contributed by atoms with van der Waals surface area (Å²) in [7, 11) is -15.0. The average Bonchev–Trinajstić information content (AvgIpc) is 2.15. The molecule has 0 unspecified atom stereocenters. The SMILES string of the molecule is O=P(O)(O)Cc1cc(S(=O)(=O)O)cc(S(=O)(=O)O)c1F. The molecule has 4 N–H and O–H groups in total. The summed E-state index contributed by atoms with van der Waals surface area (Å²) in [5.41, 5.74) is -0.985. The molecule has 0 saturated heterocycles. The van der Waals surface area contributed by atoms with Gasteiger partial charge in [0.2, 0.25) is 0 Å². The first kappa shape index (κ1) is 17.2. The third-order valence-corrected chi connectivity index (χ3v) is 4.48. The Hall–Kier alpha value is -0.880. The normalized spacial score (nSPS) is 13.4. The number of benzene rings is 1. The zero-order valence-corrected chi connectivity index (χ0v) is 11.9. The second-order valence-corrected chi connectivity index (χ2v) is 8.12. The van der Waals surface area contributed by atoms with Crippen molar-refractivity contribution in [2.75, 3.05) is 0 Å². The quantitative estimate of drug-likeness (QED) is 0.431. The van der Waals surface area contributed by atoms with E-state index >= 15 is 0 Å². The highest BCUT2D eigenvalue weighted by molar-refractivity contribution is 7.86. The molecule has 0 bridgehead atoms. The predicted octanol–water partition coefficient (Wildman–Crippen LogP) is -0.00320. The Kier molecular flexibility index (Phi) is 4.42. The van der Waals surface area contributed by atoms with Crippen LogP contribution in [0.1, 0.15) is 5.56 Å². The Morgan fingerprint density at radius 2 is 1.55 bits per heavy atom. The first-order valence-corrected chi connectivity index (χ1v) is 9.21. The lowest BCUT2D eigenvalue weighted by molar-refractivity contribution is 0.370. The first-order valence-electron chi connectivity index (χ1n) is 4.54. The predicted molar refractivity (Wildman–Crippen MR) is 61.8 cm³/mol. The minimum absolute atomic E-state index is 0.128. The minimum Gasteiger partial charge on any atom is -0.324 e. The Morgan fingerprint density at radius 1 is 1.05 bits per heavy atom. The van der Waals surface area contributed by atoms with Crippen LogP contribution in [0.3, 0.4) is 0 Å². The summed E-state index contributed by atoms with van der Waals surface area (Å²) in [5, 5.41) is 0. The highest BCUT2D eigenvalue weighted by atomic mass is 32.2. The lowest BCUT2D eigenvalue weighted by Crippen LogP contribution is -2.09. The standard InChI is InChI=1S/C7H8FO9PS2/c8-7-4(3-18(9,10)11)1-5(19(12,13)14)2-6(7)20(15,16)17/h1-2H,3H2,(H2,9,10,11)(H,12,13,14)(H,15,16,17). The van der Waals surface area contributed by atoms with E-state index in [4.69, 9.17) is 18.9 Å². The molecule has 0 aliphatic carbocycles. The van der Waals surface area contributed by atoms with Gasteiger partial charge in [-0.05, 0) is 12.1 Å². The van der Waals surface area contributed by atoms with Gasteiger partial charge in [0, 0.05) is 5.56 Å². The molecule has 1 aromatic rings. The maximum Gasteiger partial charge on any atom is 0.330 e. The highest BCUT2D eigenvalue weighted by Gasteiger charge is 2.27. The lowest BCUT2D eigenvalue weighted by atomic mass is 10.2. The largest absolute Gasteiger partial charge is 0.330 e. The smallest absolute Gasteiger partial charge is 0.324 e. The van der Waals surface area contributed by atoms with Gasteiger partial charge < -0.3 is 9.79 Å². The van der Waals surface area contributed by atoms with Crippen LogP contribution in [0.4, 0.5) is 4.39 Å². The molecule has 0 saturated carbocycles. The van der Waals surface area contributed by atoms with Crippen LogP contribution in [0.25, 0.3) is 0 Å². The van der Waals surface area contributed by atoms with Crippen LogP contribution in [-0.2, 0) is 31.0 Å². The van der Waals surface area contributed by atoms with Crippen molar-refractivity contribution in [2.45, 2.75) is 16.0 Å². The summed E-state index contributed by atoms with van der Waals surface area (Å²) < 4.78 is 85.6. The van der Waals surface area contributed by atoms with Crippen LogP contribution in [0.15, 0.2) is 21.9 Å². The highest BCUT2D eigenvalue weighted by Crippen LogP contribution is 2.41. The number of hydrogen-bond donors (Lipinski definition) is 4. The van der Waals surface area contributed by atoms with Crippen LogP contribution in [0, 0.1) is 5.82 Å². The molecule has 9 nitrogen and oxygen atoms in total. The van der Waals surface area contributed by atoms with E-state index < -0.39 is 55.2 Å². The van der Waals surface area contributed by atoms with Gasteiger partial charge in [0.1, 0.15) is 10.7 Å². The number of rotatable bonds is 4. The van der Waals surface area contributed by atoms with Gasteiger partial charge in [0.05, 0.1) is 11.1 Å². The summed E-state index contributed by atoms with van der Waals surface area (Å²) in [6, 6.07) is 0.488. The molecule has 1 aromatic carbocycles. The molecule has 0 spiro atoms. The fraction of sp³-hybridized carbons (Fsp3) is 0.143. The number of halogens is 1. The summed E-state index contributed by atoms with van der Waals surface area (Å²) in [6.07, 6.45) is -1.31. The van der Waals surface area contributed by atoms with E-state index in [2.05, 4.69) is 0 Å². The van der Waals surface area contributed by atoms with E-state index in [-0.39, 0.29) is 6.07 Å². The van der Waals surface area contributed by atoms with Crippen molar-refractivity contribution in [1.82, 2.24) is 0 Å². The molecule has 1 rings (SSSR count). The van der Waals surface area contributed by atoms with Crippen molar-refractivity contribution in [2.24, 2.45) is 0 Å². The van der Waals surface area contributed by atoms with Crippen LogP contribution in [0.2, 0.25) is 0 Å². The third-order valence-electron chi connectivity index (χ3n) is 2.04. The van der Waals surface area contributed by atoms with Gasteiger partial charge in [0.25, 0.3) is 20.2 Å². The van der Waals surface area contributed by atoms with Crippen molar-refractivity contribution < 1.29 is 44.7 Å². The zero-order valence-electron chi connectivity index (χ0n) is 9.33. The Labute approximate surface area is 112 Å². The second-order valence-electron chi connectivity index (χ2n) is 3.67. The fourth-order valence-corrected chi connectivity index (χ4v) is 3.24. The van der Waals surface area contributed by atoms with Gasteiger partial charge in [-0.15, -0.1) is 0 Å². The monoisotopic (exact) mass is 350 g/mol. The molecule has 0 aliphatic heterocycles. The molecular weight excluding hydrogens is 342 g/mol. The van der Waals surface area contributed by atoms with E-state index in [1.807, 2.05) is 0 Å². The summed E-state index contributed by atoms with van der Waals surface area (Å²) >= 11 is 0. The molecule has 0 fully saturated rings. The van der Waals surface area contributed by atoms with Gasteiger partial charge in [-0.1, -0.05) is 0 Å². The second kappa shape index (κ2) is 5.15. The first-order chi connectivity index (χ1) is 8.72. The van der Waals surface area contributed by atoms with Crippen LogP contribution in [0.5, 0.6) is 0 Å². The van der Waals surface area contributed by atoms with E-state index in [1.54, 1.807) is 0 Å². The molecule has 0 aromatic heterocycles. The van der Waals surface area contributed by atoms with Crippen molar-refractivity contribution >= 4 is 27.8 Å². The van der Waals surface area contributed by atoms with Crippen LogP contribution >= 0.6 is 7.60 Å². The Bertz CT molecular complexity index is 792. The Balaban J connectivity index is 3.73. The van der Waals surface area contributed by atoms with E-state index in [1.165, 1.54) is 0 Å². The topological polar surface area (TPSA) is 166 Å². The van der Waals surface area contributed by atoms with Gasteiger partial charge >= 0.3 is 7.60 Å². The Morgan fingerprint density at radius 3 is 1.90 bits per heavy atom. The fourth-order valence-electron chi connectivity index (χ4n) is 1.30. The zero-order chi connectivity index (χ0) is 15.9.